The lowest BCUT2D eigenvalue weighted by Crippen LogP contribution is -2.27. The predicted molar refractivity (Wildman–Crippen MR) is 88.0 cm³/mol. The Labute approximate surface area is 131 Å². The Morgan fingerprint density at radius 2 is 1.75 bits per heavy atom. The fraction of sp³-hybridized carbons (Fsp3) is 0.188. The van der Waals surface area contributed by atoms with Gasteiger partial charge in [0.2, 0.25) is 5.91 Å². The van der Waals surface area contributed by atoms with Crippen LogP contribution in [-0.4, -0.2) is 11.7 Å². The highest BCUT2D eigenvalue weighted by atomic mass is 79.9. The first kappa shape index (κ1) is 13.7. The van der Waals surface area contributed by atoms with Crippen LogP contribution in [0.15, 0.2) is 53.0 Å². The standard InChI is InChI=1S/C16H14BrNOS/c1-11-2-8-14(9-3-11)18-15(19)10-20-16(18)12-4-6-13(17)7-5-12/h2-9,16H,10H2,1H3. The zero-order valence-corrected chi connectivity index (χ0v) is 13.4. The second-order valence-electron chi connectivity index (χ2n) is 4.81. The van der Waals surface area contributed by atoms with E-state index in [0.717, 1.165) is 15.7 Å². The van der Waals surface area contributed by atoms with Crippen molar-refractivity contribution in [3.8, 4) is 0 Å². The minimum absolute atomic E-state index is 0.0679. The van der Waals surface area contributed by atoms with Crippen molar-refractivity contribution in [2.24, 2.45) is 0 Å². The van der Waals surface area contributed by atoms with Crippen LogP contribution in [-0.2, 0) is 4.79 Å². The van der Waals surface area contributed by atoms with Gasteiger partial charge in [0.25, 0.3) is 0 Å². The first-order chi connectivity index (χ1) is 9.65. The molecular weight excluding hydrogens is 334 g/mol. The number of aryl methyl sites for hydroxylation is 1. The van der Waals surface area contributed by atoms with Gasteiger partial charge in [0, 0.05) is 10.2 Å². The van der Waals surface area contributed by atoms with Crippen molar-refractivity contribution in [1.82, 2.24) is 0 Å². The van der Waals surface area contributed by atoms with Gasteiger partial charge in [-0.25, -0.2) is 0 Å². The van der Waals surface area contributed by atoms with Crippen molar-refractivity contribution in [3.05, 3.63) is 64.1 Å². The molecule has 0 radical (unpaired) electrons. The van der Waals surface area contributed by atoms with E-state index < -0.39 is 0 Å². The van der Waals surface area contributed by atoms with Crippen LogP contribution in [0.2, 0.25) is 0 Å². The predicted octanol–water partition coefficient (Wildman–Crippen LogP) is 4.54. The van der Waals surface area contributed by atoms with E-state index in [2.05, 4.69) is 35.0 Å². The molecule has 1 saturated heterocycles. The molecule has 2 aromatic carbocycles. The Kier molecular flexibility index (Phi) is 3.85. The first-order valence-corrected chi connectivity index (χ1v) is 8.25. The van der Waals surface area contributed by atoms with Crippen LogP contribution in [0.1, 0.15) is 16.5 Å². The summed E-state index contributed by atoms with van der Waals surface area (Å²) in [6, 6.07) is 16.3. The largest absolute Gasteiger partial charge is 0.295 e. The van der Waals surface area contributed by atoms with Gasteiger partial charge >= 0.3 is 0 Å². The van der Waals surface area contributed by atoms with Crippen LogP contribution >= 0.6 is 27.7 Å². The molecule has 1 unspecified atom stereocenters. The molecule has 0 spiro atoms. The highest BCUT2D eigenvalue weighted by molar-refractivity contribution is 9.10. The van der Waals surface area contributed by atoms with E-state index in [-0.39, 0.29) is 11.3 Å². The van der Waals surface area contributed by atoms with E-state index in [1.54, 1.807) is 11.8 Å². The molecule has 2 nitrogen and oxygen atoms in total. The minimum atomic E-state index is 0.0679. The first-order valence-electron chi connectivity index (χ1n) is 6.41. The van der Waals surface area contributed by atoms with Crippen LogP contribution in [0, 0.1) is 6.92 Å². The minimum Gasteiger partial charge on any atom is -0.295 e. The summed E-state index contributed by atoms with van der Waals surface area (Å²) < 4.78 is 1.05. The van der Waals surface area contributed by atoms with E-state index >= 15 is 0 Å². The van der Waals surface area contributed by atoms with Crippen LogP contribution in [0.4, 0.5) is 5.69 Å². The molecule has 0 aromatic heterocycles. The summed E-state index contributed by atoms with van der Waals surface area (Å²) in [6.07, 6.45) is 0. The number of thioether (sulfide) groups is 1. The van der Waals surface area contributed by atoms with Crippen LogP contribution in [0.5, 0.6) is 0 Å². The number of anilines is 1. The van der Waals surface area contributed by atoms with E-state index in [1.165, 1.54) is 5.56 Å². The molecule has 0 N–H and O–H groups in total. The van der Waals surface area contributed by atoms with Crippen molar-refractivity contribution in [2.45, 2.75) is 12.3 Å². The summed E-state index contributed by atoms with van der Waals surface area (Å²) in [5.41, 5.74) is 3.33. The summed E-state index contributed by atoms with van der Waals surface area (Å²) in [4.78, 5) is 14.1. The van der Waals surface area contributed by atoms with Gasteiger partial charge in [-0.3, -0.25) is 9.69 Å². The molecule has 0 aliphatic carbocycles. The molecule has 102 valence electrons. The average molecular weight is 348 g/mol. The summed E-state index contributed by atoms with van der Waals surface area (Å²) in [7, 11) is 0. The zero-order valence-electron chi connectivity index (χ0n) is 11.0. The molecule has 1 heterocycles. The fourth-order valence-corrected chi connectivity index (χ4v) is 3.72. The lowest BCUT2D eigenvalue weighted by molar-refractivity contribution is -0.115. The van der Waals surface area contributed by atoms with E-state index in [1.807, 2.05) is 41.3 Å². The smallest absolute Gasteiger partial charge is 0.238 e. The Morgan fingerprint density at radius 3 is 2.40 bits per heavy atom. The fourth-order valence-electron chi connectivity index (χ4n) is 2.28. The normalized spacial score (nSPS) is 18.6. The summed E-state index contributed by atoms with van der Waals surface area (Å²) >= 11 is 5.12. The van der Waals surface area contributed by atoms with Gasteiger partial charge < -0.3 is 0 Å². The van der Waals surface area contributed by atoms with E-state index in [0.29, 0.717) is 5.75 Å². The maximum atomic E-state index is 12.2. The third-order valence-electron chi connectivity index (χ3n) is 3.34. The quantitative estimate of drug-likeness (QED) is 0.794. The van der Waals surface area contributed by atoms with Gasteiger partial charge in [0.15, 0.2) is 0 Å². The number of carbonyl (C=O) groups excluding carboxylic acids is 1. The highest BCUT2D eigenvalue weighted by Gasteiger charge is 2.33. The summed E-state index contributed by atoms with van der Waals surface area (Å²) in [5, 5.41) is 0.0679. The summed E-state index contributed by atoms with van der Waals surface area (Å²) in [5.74, 6) is 0.709. The molecule has 1 aliphatic heterocycles. The highest BCUT2D eigenvalue weighted by Crippen LogP contribution is 2.41. The molecule has 1 fully saturated rings. The Morgan fingerprint density at radius 1 is 1.10 bits per heavy atom. The maximum Gasteiger partial charge on any atom is 0.238 e. The van der Waals surface area contributed by atoms with Crippen LogP contribution in [0.25, 0.3) is 0 Å². The maximum absolute atomic E-state index is 12.2. The number of nitrogens with zero attached hydrogens (tertiary/aromatic N) is 1. The molecule has 1 aliphatic rings. The lowest BCUT2D eigenvalue weighted by atomic mass is 10.1. The molecule has 20 heavy (non-hydrogen) atoms. The van der Waals surface area contributed by atoms with Crippen molar-refractivity contribution < 1.29 is 4.79 Å². The van der Waals surface area contributed by atoms with Crippen molar-refractivity contribution in [1.29, 1.82) is 0 Å². The molecule has 0 saturated carbocycles. The van der Waals surface area contributed by atoms with Crippen molar-refractivity contribution in [3.63, 3.8) is 0 Å². The van der Waals surface area contributed by atoms with Gasteiger partial charge in [0.1, 0.15) is 5.37 Å². The Balaban J connectivity index is 1.96. The Hall–Kier alpha value is -1.26. The number of hydrogen-bond donors (Lipinski definition) is 0. The second-order valence-corrected chi connectivity index (χ2v) is 6.80. The number of carbonyl (C=O) groups is 1. The number of benzene rings is 2. The molecule has 3 rings (SSSR count). The van der Waals surface area contributed by atoms with E-state index in [4.69, 9.17) is 0 Å². The number of rotatable bonds is 2. The number of amides is 1. The SMILES string of the molecule is Cc1ccc(N2C(=O)CSC2c2ccc(Br)cc2)cc1. The van der Waals surface area contributed by atoms with Gasteiger partial charge in [-0.05, 0) is 36.8 Å². The van der Waals surface area contributed by atoms with E-state index in [9.17, 15) is 4.79 Å². The van der Waals surface area contributed by atoms with Gasteiger partial charge in [-0.15, -0.1) is 11.8 Å². The number of hydrogen-bond acceptors (Lipinski definition) is 2. The number of halogens is 1. The molecule has 1 atom stereocenters. The molecule has 2 aromatic rings. The second kappa shape index (κ2) is 5.62. The third kappa shape index (κ3) is 2.63. The molecule has 0 bridgehead atoms. The molecule has 4 heteroatoms. The van der Waals surface area contributed by atoms with Gasteiger partial charge in [-0.2, -0.15) is 0 Å². The summed E-state index contributed by atoms with van der Waals surface area (Å²) in [6.45, 7) is 2.05. The van der Waals surface area contributed by atoms with Gasteiger partial charge in [-0.1, -0.05) is 45.8 Å². The van der Waals surface area contributed by atoms with Crippen LogP contribution in [0.3, 0.4) is 0 Å². The third-order valence-corrected chi connectivity index (χ3v) is 5.08. The van der Waals surface area contributed by atoms with Crippen LogP contribution < -0.4 is 4.90 Å². The van der Waals surface area contributed by atoms with Crippen molar-refractivity contribution in [2.75, 3.05) is 10.7 Å². The topological polar surface area (TPSA) is 20.3 Å². The zero-order chi connectivity index (χ0) is 14.1. The average Bonchev–Trinajstić information content (AvgIpc) is 2.83. The molecule has 1 amide bonds. The van der Waals surface area contributed by atoms with Gasteiger partial charge in [0.05, 0.1) is 5.75 Å². The Bertz CT molecular complexity index is 624. The lowest BCUT2D eigenvalue weighted by Gasteiger charge is -2.24. The molecular formula is C16H14BrNOS. The van der Waals surface area contributed by atoms with Crippen molar-refractivity contribution >= 4 is 39.3 Å². The monoisotopic (exact) mass is 347 g/mol.